The third-order valence-electron chi connectivity index (χ3n) is 1.57. The molecule has 0 rings (SSSR count). The first kappa shape index (κ1) is 11.9. The van der Waals surface area contributed by atoms with Crippen molar-refractivity contribution in [2.75, 3.05) is 13.7 Å². The molecule has 0 unspecified atom stereocenters. The maximum Gasteiger partial charge on any atom is 0.326 e. The Bertz CT molecular complexity index is 181. The molecule has 0 aromatic rings. The van der Waals surface area contributed by atoms with Gasteiger partial charge in [0.1, 0.15) is 6.04 Å². The Balaban J connectivity index is 3.80. The average Bonchev–Trinajstić information content (AvgIpc) is 2.10. The lowest BCUT2D eigenvalue weighted by molar-refractivity contribution is -0.142. The monoisotopic (exact) mass is 189 g/mol. The maximum absolute atomic E-state index is 11.0. The summed E-state index contributed by atoms with van der Waals surface area (Å²) in [7, 11) is 1.49. The standard InChI is InChI=1S/C8H15NO4/c1-3-6(8(11)12)9-7(10)4-5-13-2/h6H,3-5H2,1-2H3,(H,9,10)(H,11,12)/t6-/m1/s1. The number of carboxylic acids is 1. The smallest absolute Gasteiger partial charge is 0.326 e. The molecule has 2 N–H and O–H groups in total. The molecule has 76 valence electrons. The Labute approximate surface area is 77.1 Å². The summed E-state index contributed by atoms with van der Waals surface area (Å²) in [6, 6.07) is -0.788. The highest BCUT2D eigenvalue weighted by Gasteiger charge is 2.16. The van der Waals surface area contributed by atoms with E-state index in [2.05, 4.69) is 10.1 Å². The molecule has 0 aliphatic rings. The fourth-order valence-electron chi connectivity index (χ4n) is 0.800. The predicted molar refractivity (Wildman–Crippen MR) is 46.4 cm³/mol. The van der Waals surface area contributed by atoms with Crippen LogP contribution >= 0.6 is 0 Å². The molecule has 0 fully saturated rings. The summed E-state index contributed by atoms with van der Waals surface area (Å²) in [4.78, 5) is 21.5. The number of hydrogen-bond acceptors (Lipinski definition) is 3. The third-order valence-corrected chi connectivity index (χ3v) is 1.57. The SMILES string of the molecule is CC[C@@H](NC(=O)CCOC)C(=O)O. The Hall–Kier alpha value is -1.10. The van der Waals surface area contributed by atoms with Crippen LogP contribution in [0.2, 0.25) is 0 Å². The zero-order valence-electron chi connectivity index (χ0n) is 7.87. The number of hydrogen-bond donors (Lipinski definition) is 2. The van der Waals surface area contributed by atoms with Gasteiger partial charge in [-0.1, -0.05) is 6.92 Å². The van der Waals surface area contributed by atoms with Gasteiger partial charge in [0.25, 0.3) is 0 Å². The van der Waals surface area contributed by atoms with E-state index in [0.717, 1.165) is 0 Å². The van der Waals surface area contributed by atoms with Gasteiger partial charge >= 0.3 is 5.97 Å². The van der Waals surface area contributed by atoms with Crippen molar-refractivity contribution in [1.29, 1.82) is 0 Å². The number of amides is 1. The molecule has 0 bridgehead atoms. The number of rotatable bonds is 6. The summed E-state index contributed by atoms with van der Waals surface area (Å²) in [6.07, 6.45) is 0.578. The van der Waals surface area contributed by atoms with Crippen molar-refractivity contribution < 1.29 is 19.4 Å². The first-order valence-electron chi connectivity index (χ1n) is 4.13. The van der Waals surface area contributed by atoms with E-state index in [1.165, 1.54) is 7.11 Å². The molecular formula is C8H15NO4. The van der Waals surface area contributed by atoms with Gasteiger partial charge in [-0.15, -0.1) is 0 Å². The van der Waals surface area contributed by atoms with Crippen molar-refractivity contribution in [3.63, 3.8) is 0 Å². The Morgan fingerprint density at radius 3 is 2.54 bits per heavy atom. The van der Waals surface area contributed by atoms with E-state index in [9.17, 15) is 9.59 Å². The van der Waals surface area contributed by atoms with Gasteiger partial charge in [0.2, 0.25) is 5.91 Å². The largest absolute Gasteiger partial charge is 0.480 e. The second kappa shape index (κ2) is 6.42. The molecule has 5 nitrogen and oxygen atoms in total. The van der Waals surface area contributed by atoms with Gasteiger partial charge in [-0.2, -0.15) is 0 Å². The van der Waals surface area contributed by atoms with Crippen LogP contribution in [-0.2, 0) is 14.3 Å². The summed E-state index contributed by atoms with van der Waals surface area (Å²) in [6.45, 7) is 2.01. The summed E-state index contributed by atoms with van der Waals surface area (Å²) in [5.74, 6) is -1.30. The Kier molecular flexibility index (Phi) is 5.88. The molecule has 0 heterocycles. The molecule has 1 atom stereocenters. The average molecular weight is 189 g/mol. The van der Waals surface area contributed by atoms with Crippen molar-refractivity contribution in [2.24, 2.45) is 0 Å². The zero-order chi connectivity index (χ0) is 10.3. The fourth-order valence-corrected chi connectivity index (χ4v) is 0.800. The number of carbonyl (C=O) groups excluding carboxylic acids is 1. The minimum absolute atomic E-state index is 0.195. The summed E-state index contributed by atoms with van der Waals surface area (Å²) in [5, 5.41) is 11.0. The highest BCUT2D eigenvalue weighted by atomic mass is 16.5. The van der Waals surface area contributed by atoms with Crippen molar-refractivity contribution >= 4 is 11.9 Å². The second-order valence-electron chi connectivity index (χ2n) is 2.61. The van der Waals surface area contributed by atoms with Crippen LogP contribution in [0.15, 0.2) is 0 Å². The van der Waals surface area contributed by atoms with Gasteiger partial charge in [-0.25, -0.2) is 4.79 Å². The lowest BCUT2D eigenvalue weighted by Crippen LogP contribution is -2.40. The van der Waals surface area contributed by atoms with E-state index in [0.29, 0.717) is 13.0 Å². The van der Waals surface area contributed by atoms with E-state index in [-0.39, 0.29) is 12.3 Å². The first-order chi connectivity index (χ1) is 6.11. The molecular weight excluding hydrogens is 174 g/mol. The number of aliphatic carboxylic acids is 1. The second-order valence-corrected chi connectivity index (χ2v) is 2.61. The molecule has 0 radical (unpaired) electrons. The molecule has 0 aromatic heterocycles. The number of carboxylic acid groups (broad SMARTS) is 1. The van der Waals surface area contributed by atoms with Crippen LogP contribution in [0.25, 0.3) is 0 Å². The molecule has 5 heteroatoms. The summed E-state index contributed by atoms with van der Waals surface area (Å²) < 4.78 is 4.68. The highest BCUT2D eigenvalue weighted by molar-refractivity contribution is 5.83. The first-order valence-corrected chi connectivity index (χ1v) is 4.13. The Morgan fingerprint density at radius 2 is 2.15 bits per heavy atom. The summed E-state index contributed by atoms with van der Waals surface area (Å²) >= 11 is 0. The van der Waals surface area contributed by atoms with Gasteiger partial charge in [-0.05, 0) is 6.42 Å². The van der Waals surface area contributed by atoms with Gasteiger partial charge in [0.05, 0.1) is 6.61 Å². The molecule has 0 saturated heterocycles. The molecule has 0 aliphatic carbocycles. The van der Waals surface area contributed by atoms with Gasteiger partial charge in [0.15, 0.2) is 0 Å². The van der Waals surface area contributed by atoms with Crippen molar-refractivity contribution in [2.45, 2.75) is 25.8 Å². The minimum Gasteiger partial charge on any atom is -0.480 e. The topological polar surface area (TPSA) is 75.6 Å². The third kappa shape index (κ3) is 5.19. The number of methoxy groups -OCH3 is 1. The van der Waals surface area contributed by atoms with Crippen LogP contribution < -0.4 is 5.32 Å². The van der Waals surface area contributed by atoms with Crippen LogP contribution in [0.5, 0.6) is 0 Å². The molecule has 13 heavy (non-hydrogen) atoms. The van der Waals surface area contributed by atoms with E-state index in [1.54, 1.807) is 6.92 Å². The van der Waals surface area contributed by atoms with Crippen LogP contribution in [0.4, 0.5) is 0 Å². The van der Waals surface area contributed by atoms with E-state index in [4.69, 9.17) is 5.11 Å². The minimum atomic E-state index is -1.01. The fraction of sp³-hybridized carbons (Fsp3) is 0.750. The molecule has 1 amide bonds. The summed E-state index contributed by atoms with van der Waals surface area (Å²) in [5.41, 5.74) is 0. The van der Waals surface area contributed by atoms with E-state index in [1.807, 2.05) is 0 Å². The lowest BCUT2D eigenvalue weighted by Gasteiger charge is -2.11. The lowest BCUT2D eigenvalue weighted by atomic mass is 10.2. The highest BCUT2D eigenvalue weighted by Crippen LogP contribution is 1.92. The van der Waals surface area contributed by atoms with Gasteiger partial charge in [0, 0.05) is 13.5 Å². The van der Waals surface area contributed by atoms with Crippen molar-refractivity contribution in [3.05, 3.63) is 0 Å². The number of ether oxygens (including phenoxy) is 1. The Morgan fingerprint density at radius 1 is 1.54 bits per heavy atom. The molecule has 0 aromatic carbocycles. The number of carbonyl (C=O) groups is 2. The molecule has 0 spiro atoms. The predicted octanol–water partition coefficient (Wildman–Crippen LogP) is 0.00230. The quantitative estimate of drug-likeness (QED) is 0.616. The van der Waals surface area contributed by atoms with Gasteiger partial charge in [-0.3, -0.25) is 4.79 Å². The molecule has 0 aliphatic heterocycles. The van der Waals surface area contributed by atoms with Crippen LogP contribution in [0.1, 0.15) is 19.8 Å². The zero-order valence-corrected chi connectivity index (χ0v) is 7.87. The van der Waals surface area contributed by atoms with Crippen LogP contribution in [-0.4, -0.2) is 36.7 Å². The van der Waals surface area contributed by atoms with E-state index >= 15 is 0 Å². The van der Waals surface area contributed by atoms with E-state index < -0.39 is 12.0 Å². The maximum atomic E-state index is 11.0. The normalized spacial score (nSPS) is 12.2. The van der Waals surface area contributed by atoms with Gasteiger partial charge < -0.3 is 15.2 Å². The van der Waals surface area contributed by atoms with Crippen LogP contribution in [0.3, 0.4) is 0 Å². The number of nitrogens with one attached hydrogen (secondary N) is 1. The van der Waals surface area contributed by atoms with Crippen LogP contribution in [0, 0.1) is 0 Å². The molecule has 0 saturated carbocycles. The van der Waals surface area contributed by atoms with Crippen molar-refractivity contribution in [3.8, 4) is 0 Å². The van der Waals surface area contributed by atoms with Crippen molar-refractivity contribution in [1.82, 2.24) is 5.32 Å².